The number of benzene rings is 2. The van der Waals surface area contributed by atoms with E-state index in [0.29, 0.717) is 27.3 Å². The fraction of sp³-hybridized carbons (Fsp3) is 0.258. The second kappa shape index (κ2) is 12.5. The second-order valence-corrected chi connectivity index (χ2v) is 15.0. The summed E-state index contributed by atoms with van der Waals surface area (Å²) in [5.74, 6) is -3.63. The number of hydrogen-bond donors (Lipinski definition) is 0. The molecular formula is C31H26INO9S3. The zero-order valence-electron chi connectivity index (χ0n) is 24.8. The maximum absolute atomic E-state index is 14.4. The minimum atomic E-state index is -1.63. The van der Waals surface area contributed by atoms with E-state index in [0.717, 1.165) is 38.9 Å². The number of fused-ring (bicyclic) bond motifs is 3. The van der Waals surface area contributed by atoms with Gasteiger partial charge in [-0.3, -0.25) is 9.69 Å². The Kier molecular flexibility index (Phi) is 9.23. The van der Waals surface area contributed by atoms with Gasteiger partial charge in [-0.1, -0.05) is 65.6 Å². The molecule has 2 aromatic carbocycles. The first-order valence-corrected chi connectivity index (χ1v) is 16.7. The first kappa shape index (κ1) is 33.2. The quantitative estimate of drug-likeness (QED) is 0.216. The third-order valence-electron chi connectivity index (χ3n) is 7.35. The van der Waals surface area contributed by atoms with Crippen LogP contribution in [0.1, 0.15) is 29.8 Å². The van der Waals surface area contributed by atoms with E-state index in [9.17, 15) is 24.0 Å². The van der Waals surface area contributed by atoms with Crippen LogP contribution in [0.15, 0.2) is 73.7 Å². The van der Waals surface area contributed by atoms with Gasteiger partial charge in [0.05, 0.1) is 50.8 Å². The first-order chi connectivity index (χ1) is 21.4. The summed E-state index contributed by atoms with van der Waals surface area (Å²) in [4.78, 5) is 69.7. The van der Waals surface area contributed by atoms with Crippen molar-refractivity contribution in [2.45, 2.75) is 23.5 Å². The molecule has 10 nitrogen and oxygen atoms in total. The Bertz CT molecular complexity index is 1750. The third-order valence-corrected chi connectivity index (χ3v) is 12.9. The Balaban J connectivity index is 1.88. The summed E-state index contributed by atoms with van der Waals surface area (Å²) in [6.07, 6.45) is 0. The van der Waals surface area contributed by atoms with E-state index in [1.54, 1.807) is 41.3 Å². The maximum atomic E-state index is 14.4. The molecule has 0 radical (unpaired) electrons. The number of halogens is 1. The van der Waals surface area contributed by atoms with Gasteiger partial charge in [-0.05, 0) is 54.6 Å². The molecule has 3 aliphatic heterocycles. The summed E-state index contributed by atoms with van der Waals surface area (Å²) >= 11 is 4.88. The number of anilines is 1. The fourth-order valence-corrected chi connectivity index (χ4v) is 11.1. The van der Waals surface area contributed by atoms with Crippen LogP contribution in [-0.4, -0.2) is 67.8 Å². The number of ether oxygens (including phenoxy) is 4. The summed E-state index contributed by atoms with van der Waals surface area (Å²) in [5.41, 5.74) is 0.830. The van der Waals surface area contributed by atoms with Crippen LogP contribution in [0.3, 0.4) is 0 Å². The minimum absolute atomic E-state index is 0.104. The zero-order valence-corrected chi connectivity index (χ0v) is 29.4. The van der Waals surface area contributed by atoms with Crippen molar-refractivity contribution in [2.75, 3.05) is 33.3 Å². The predicted octanol–water partition coefficient (Wildman–Crippen LogP) is 5.52. The molecular weight excluding hydrogens is 753 g/mol. The lowest BCUT2D eigenvalue weighted by molar-refractivity contribution is -0.138. The molecule has 0 atom stereocenters. The molecule has 1 amide bonds. The molecule has 45 heavy (non-hydrogen) atoms. The van der Waals surface area contributed by atoms with E-state index < -0.39 is 33.5 Å². The molecule has 1 spiro atoms. The Morgan fingerprint density at radius 2 is 1.22 bits per heavy atom. The van der Waals surface area contributed by atoms with Crippen molar-refractivity contribution >= 4 is 98.9 Å². The van der Waals surface area contributed by atoms with Gasteiger partial charge in [0.1, 0.15) is 18.8 Å². The zero-order chi connectivity index (χ0) is 32.8. The van der Waals surface area contributed by atoms with E-state index in [1.807, 2.05) is 26.0 Å². The molecule has 0 aromatic heterocycles. The highest BCUT2D eigenvalue weighted by molar-refractivity contribution is 14.1. The number of esters is 4. The Morgan fingerprint density at radius 3 is 1.78 bits per heavy atom. The highest BCUT2D eigenvalue weighted by Gasteiger charge is 2.61. The van der Waals surface area contributed by atoms with Crippen LogP contribution in [0.25, 0.3) is 5.57 Å². The Hall–Kier alpha value is -3.21. The Labute approximate surface area is 285 Å². The Morgan fingerprint density at radius 1 is 0.711 bits per heavy atom. The van der Waals surface area contributed by atoms with Crippen molar-refractivity contribution in [1.29, 1.82) is 0 Å². The van der Waals surface area contributed by atoms with E-state index in [4.69, 9.17) is 18.9 Å². The number of carbonyl (C=O) groups excluding carboxylic acids is 5. The smallest absolute Gasteiger partial charge is 0.345 e. The average Bonchev–Trinajstić information content (AvgIpc) is 3.43. The molecule has 0 fully saturated rings. The monoisotopic (exact) mass is 779 g/mol. The lowest BCUT2D eigenvalue weighted by Gasteiger charge is -2.50. The number of nitrogens with zero attached hydrogens (tertiary/aromatic N) is 1. The highest BCUT2D eigenvalue weighted by Crippen LogP contribution is 2.71. The third kappa shape index (κ3) is 5.19. The molecule has 5 rings (SSSR count). The molecule has 234 valence electrons. The standard InChI is InChI=1S/C31H26INO9S3/c1-30(2)24-19(16-12-8-10-14-18(16)33(30)25(34)15-11-7-9-13-17(15)32)31(20(26(35)39-3)21(43-24)27(36)40-4)44-22(28(37)41-5)23(45-31)29(38)42-6/h7-14H,1-6H3. The minimum Gasteiger partial charge on any atom is -0.466 e. The van der Waals surface area contributed by atoms with Crippen LogP contribution >= 0.6 is 57.9 Å². The van der Waals surface area contributed by atoms with Crippen molar-refractivity contribution < 1.29 is 42.9 Å². The van der Waals surface area contributed by atoms with E-state index >= 15 is 0 Å². The van der Waals surface area contributed by atoms with Crippen LogP contribution < -0.4 is 4.90 Å². The number of para-hydroxylation sites is 1. The summed E-state index contributed by atoms with van der Waals surface area (Å²) in [6, 6.07) is 14.4. The van der Waals surface area contributed by atoms with E-state index in [1.165, 1.54) is 28.4 Å². The van der Waals surface area contributed by atoms with Gasteiger partial charge < -0.3 is 18.9 Å². The molecule has 2 aromatic rings. The summed E-state index contributed by atoms with van der Waals surface area (Å²) < 4.78 is 19.5. The lowest BCUT2D eigenvalue weighted by Crippen LogP contribution is -2.54. The topological polar surface area (TPSA) is 126 Å². The van der Waals surface area contributed by atoms with Crippen LogP contribution in [0.4, 0.5) is 5.69 Å². The summed E-state index contributed by atoms with van der Waals surface area (Å²) in [7, 11) is 4.70. The molecule has 0 saturated heterocycles. The largest absolute Gasteiger partial charge is 0.466 e. The normalized spacial score (nSPS) is 17.9. The van der Waals surface area contributed by atoms with Crippen LogP contribution in [0.5, 0.6) is 0 Å². The lowest BCUT2D eigenvalue weighted by atomic mass is 9.83. The number of amides is 1. The molecule has 0 unspecified atom stereocenters. The first-order valence-electron chi connectivity index (χ1n) is 13.2. The molecule has 0 bridgehead atoms. The molecule has 14 heteroatoms. The number of methoxy groups -OCH3 is 4. The molecule has 3 heterocycles. The molecule has 0 aliphatic carbocycles. The van der Waals surface area contributed by atoms with Gasteiger partial charge in [-0.2, -0.15) is 0 Å². The number of carbonyl (C=O) groups is 5. The maximum Gasteiger partial charge on any atom is 0.345 e. The van der Waals surface area contributed by atoms with Crippen molar-refractivity contribution in [3.63, 3.8) is 0 Å². The average molecular weight is 780 g/mol. The van der Waals surface area contributed by atoms with E-state index in [2.05, 4.69) is 22.6 Å². The van der Waals surface area contributed by atoms with Gasteiger partial charge in [-0.15, -0.1) is 0 Å². The number of hydrogen-bond acceptors (Lipinski definition) is 12. The van der Waals surface area contributed by atoms with Crippen molar-refractivity contribution in [1.82, 2.24) is 0 Å². The van der Waals surface area contributed by atoms with Crippen molar-refractivity contribution in [3.8, 4) is 0 Å². The van der Waals surface area contributed by atoms with Gasteiger partial charge in [0, 0.05) is 19.6 Å². The van der Waals surface area contributed by atoms with Crippen LogP contribution in [0.2, 0.25) is 0 Å². The van der Waals surface area contributed by atoms with Gasteiger partial charge in [-0.25, -0.2) is 19.2 Å². The predicted molar refractivity (Wildman–Crippen MR) is 181 cm³/mol. The van der Waals surface area contributed by atoms with E-state index in [-0.39, 0.29) is 26.2 Å². The van der Waals surface area contributed by atoms with Crippen molar-refractivity contribution in [3.05, 3.63) is 88.4 Å². The molecule has 0 saturated carbocycles. The number of thioether (sulfide) groups is 3. The van der Waals surface area contributed by atoms with Crippen molar-refractivity contribution in [2.24, 2.45) is 0 Å². The van der Waals surface area contributed by atoms with Crippen LogP contribution in [-0.2, 0) is 38.1 Å². The van der Waals surface area contributed by atoms with Crippen LogP contribution in [0, 0.1) is 3.57 Å². The molecule has 0 N–H and O–H groups in total. The summed E-state index contributed by atoms with van der Waals surface area (Å²) in [6.45, 7) is 3.68. The highest BCUT2D eigenvalue weighted by atomic mass is 127. The van der Waals surface area contributed by atoms with Gasteiger partial charge in [0.2, 0.25) is 0 Å². The van der Waals surface area contributed by atoms with Gasteiger partial charge in [0.15, 0.2) is 0 Å². The fourth-order valence-electron chi connectivity index (χ4n) is 5.38. The second-order valence-electron chi connectivity index (χ2n) is 10.2. The van der Waals surface area contributed by atoms with Gasteiger partial charge in [0.25, 0.3) is 5.91 Å². The summed E-state index contributed by atoms with van der Waals surface area (Å²) in [5, 5.41) is 0. The number of rotatable bonds is 5. The van der Waals surface area contributed by atoms with Gasteiger partial charge >= 0.3 is 23.9 Å². The molecule has 3 aliphatic rings. The SMILES string of the molecule is COC(=O)C1=C(C(=O)OC)SC2(S1)C(C(=O)OC)=C(C(=O)OC)SC1=C2c2ccccc2N(C(=O)c2ccccc2I)C1(C)C.